The highest BCUT2D eigenvalue weighted by molar-refractivity contribution is 7.99. The first-order chi connectivity index (χ1) is 28.8. The number of nitrogens with one attached hydrogen (secondary N) is 1. The summed E-state index contributed by atoms with van der Waals surface area (Å²) < 4.78 is 65.0. The first kappa shape index (κ1) is 40.5. The predicted octanol–water partition coefficient (Wildman–Crippen LogP) is 4.92. The molecule has 5 aromatic heterocycles. The average molecular weight is 857 g/mol. The molecule has 8 rings (SSSR count). The number of amides is 2. The van der Waals surface area contributed by atoms with Gasteiger partial charge in [0.2, 0.25) is 5.91 Å². The number of carbonyl (C=O) groups is 2. The van der Waals surface area contributed by atoms with Gasteiger partial charge < -0.3 is 19.5 Å². The minimum absolute atomic E-state index is 0.0255. The van der Waals surface area contributed by atoms with Gasteiger partial charge in [-0.2, -0.15) is 25.2 Å². The molecule has 0 saturated carbocycles. The molecule has 0 aliphatic carbocycles. The normalized spacial score (nSPS) is 14.8. The number of hydrogen-bond acceptors (Lipinski definition) is 13. The summed E-state index contributed by atoms with van der Waals surface area (Å²) >= 11 is 1.50. The van der Waals surface area contributed by atoms with E-state index in [0.717, 1.165) is 16.7 Å². The molecule has 7 aromatic rings. The molecule has 1 aliphatic heterocycles. The molecule has 16 nitrogen and oxygen atoms in total. The summed E-state index contributed by atoms with van der Waals surface area (Å²) in [5, 5.41) is 6.50. The van der Waals surface area contributed by atoms with E-state index in [1.807, 2.05) is 25.7 Å². The number of piperazine rings is 1. The highest BCUT2D eigenvalue weighted by Gasteiger charge is 2.30. The number of carbonyl (C=O) groups excluding carboxylic acids is 2. The average Bonchev–Trinajstić information content (AvgIpc) is 3.80. The van der Waals surface area contributed by atoms with Gasteiger partial charge in [0.15, 0.2) is 17.0 Å². The van der Waals surface area contributed by atoms with Gasteiger partial charge in [0.25, 0.3) is 15.9 Å². The largest absolute Gasteiger partial charge is 0.454 e. The number of hydrogen-bond donors (Lipinski definition) is 1. The summed E-state index contributed by atoms with van der Waals surface area (Å²) in [5.41, 5.74) is 0.334. The second kappa shape index (κ2) is 16.4. The molecule has 0 radical (unpaired) electrons. The van der Waals surface area contributed by atoms with Gasteiger partial charge in [0.1, 0.15) is 40.9 Å². The Morgan fingerprint density at radius 3 is 2.55 bits per heavy atom. The summed E-state index contributed by atoms with van der Waals surface area (Å²) in [5.74, 6) is -0.932. The number of fused-ring (bicyclic) bond motifs is 5. The molecule has 20 heteroatoms. The third kappa shape index (κ3) is 7.55. The number of halogens is 2. The summed E-state index contributed by atoms with van der Waals surface area (Å²) in [7, 11) is -3.90. The second-order valence-electron chi connectivity index (χ2n) is 14.5. The lowest BCUT2D eigenvalue weighted by atomic mass is 10.1. The molecule has 1 atom stereocenters. The van der Waals surface area contributed by atoms with Crippen molar-refractivity contribution in [3.63, 3.8) is 0 Å². The zero-order chi connectivity index (χ0) is 42.3. The monoisotopic (exact) mass is 856 g/mol. The van der Waals surface area contributed by atoms with Crippen LogP contribution in [-0.2, 0) is 14.8 Å². The molecule has 2 bridgehead atoms. The quantitative estimate of drug-likeness (QED) is 0.173. The molecule has 1 aliphatic rings. The molecule has 2 aromatic carbocycles. The number of benzene rings is 2. The minimum atomic E-state index is -3.90. The van der Waals surface area contributed by atoms with Crippen molar-refractivity contribution in [2.45, 2.75) is 44.0 Å². The predicted molar refractivity (Wildman–Crippen MR) is 221 cm³/mol. The third-order valence-electron chi connectivity index (χ3n) is 10.2. The van der Waals surface area contributed by atoms with Crippen molar-refractivity contribution in [1.29, 1.82) is 0 Å². The lowest BCUT2D eigenvalue weighted by Gasteiger charge is -2.40. The van der Waals surface area contributed by atoms with Crippen LogP contribution in [0, 0.1) is 11.6 Å². The van der Waals surface area contributed by atoms with E-state index in [4.69, 9.17) is 4.42 Å². The van der Waals surface area contributed by atoms with Gasteiger partial charge in [-0.3, -0.25) is 14.6 Å². The Balaban J connectivity index is 0.948. The number of rotatable bonds is 11. The molecule has 310 valence electrons. The fourth-order valence-corrected chi connectivity index (χ4v) is 9.10. The van der Waals surface area contributed by atoms with Crippen molar-refractivity contribution in [1.82, 2.24) is 43.7 Å². The zero-order valence-corrected chi connectivity index (χ0v) is 34.2. The maximum Gasteiger partial charge on any atom is 0.356 e. The maximum atomic E-state index is 16.2. The molecular formula is C40H38F2N10O6S2. The number of anilines is 1. The summed E-state index contributed by atoms with van der Waals surface area (Å²) in [6.07, 6.45) is 3.98. The van der Waals surface area contributed by atoms with Crippen LogP contribution in [0.15, 0.2) is 87.6 Å². The molecule has 0 spiro atoms. The second-order valence-corrected chi connectivity index (χ2v) is 17.5. The van der Waals surface area contributed by atoms with Gasteiger partial charge in [-0.25, -0.2) is 27.9 Å². The van der Waals surface area contributed by atoms with Crippen LogP contribution < -0.4 is 15.9 Å². The molecule has 1 fully saturated rings. The topological polar surface area (TPSA) is 191 Å². The van der Waals surface area contributed by atoms with Crippen LogP contribution in [-0.4, -0.2) is 102 Å². The maximum absolute atomic E-state index is 16.2. The van der Waals surface area contributed by atoms with E-state index in [1.165, 1.54) is 70.9 Å². The fourth-order valence-electron chi connectivity index (χ4n) is 7.29. The number of aromatic nitrogens is 7. The van der Waals surface area contributed by atoms with Crippen molar-refractivity contribution in [3.8, 4) is 0 Å². The molecule has 1 saturated heterocycles. The molecule has 6 heterocycles. The number of nitrogens with zero attached hydrogens (tertiary/aromatic N) is 9. The first-order valence-electron chi connectivity index (χ1n) is 19.0. The summed E-state index contributed by atoms with van der Waals surface area (Å²) in [4.78, 5) is 61.0. The lowest BCUT2D eigenvalue weighted by Crippen LogP contribution is -2.54. The Bertz CT molecular complexity index is 3000. The van der Waals surface area contributed by atoms with E-state index < -0.39 is 27.3 Å². The van der Waals surface area contributed by atoms with E-state index in [1.54, 1.807) is 11.0 Å². The molecular weight excluding hydrogens is 819 g/mol. The number of thioether (sulfide) groups is 1. The van der Waals surface area contributed by atoms with Crippen LogP contribution in [0.5, 0.6) is 0 Å². The number of pyridine rings is 2. The van der Waals surface area contributed by atoms with Gasteiger partial charge in [-0.15, -0.1) is 9.19 Å². The fraction of sp³-hybridized carbons (Fsp3) is 0.300. The van der Waals surface area contributed by atoms with Crippen molar-refractivity contribution in [2.75, 3.05) is 42.6 Å². The Morgan fingerprint density at radius 2 is 1.82 bits per heavy atom. The van der Waals surface area contributed by atoms with E-state index >= 15 is 8.78 Å². The van der Waals surface area contributed by atoms with E-state index in [-0.39, 0.29) is 79.5 Å². The van der Waals surface area contributed by atoms with E-state index in [9.17, 15) is 22.8 Å². The molecule has 2 amide bonds. The van der Waals surface area contributed by atoms with Crippen molar-refractivity contribution < 1.29 is 31.2 Å². The highest BCUT2D eigenvalue weighted by atomic mass is 32.2. The Morgan fingerprint density at radius 1 is 1.02 bits per heavy atom. The Hall–Kier alpha value is -6.28. The third-order valence-corrected chi connectivity index (χ3v) is 12.8. The SMILES string of the molecule is CC(C)c1nccc2oc3cccc(F)c3c3nc4c(cc3F)c(N3CCN(C(=O)CCSCCNC(=O)c5ccc(S(=O)(=O)n6cncn6)cc5)C[C@@H]3C)nc(=O)n4c12. The Kier molecular flexibility index (Phi) is 11.1. The Labute approximate surface area is 345 Å². The molecule has 1 N–H and O–H groups in total. The van der Waals surface area contributed by atoms with Crippen molar-refractivity contribution >= 4 is 78.0 Å². The van der Waals surface area contributed by atoms with E-state index in [0.29, 0.717) is 48.9 Å². The van der Waals surface area contributed by atoms with Crippen LogP contribution in [0.3, 0.4) is 0 Å². The summed E-state index contributed by atoms with van der Waals surface area (Å²) in [6.45, 7) is 6.96. The zero-order valence-electron chi connectivity index (χ0n) is 32.6. The van der Waals surface area contributed by atoms with Gasteiger partial charge >= 0.3 is 5.69 Å². The smallest absolute Gasteiger partial charge is 0.356 e. The molecule has 60 heavy (non-hydrogen) atoms. The van der Waals surface area contributed by atoms with Crippen LogP contribution in [0.2, 0.25) is 0 Å². The van der Waals surface area contributed by atoms with Crippen LogP contribution in [0.4, 0.5) is 14.6 Å². The van der Waals surface area contributed by atoms with Crippen LogP contribution in [0.1, 0.15) is 49.2 Å². The minimum Gasteiger partial charge on any atom is -0.454 e. The first-order valence-corrected chi connectivity index (χ1v) is 21.6. The van der Waals surface area contributed by atoms with Crippen LogP contribution >= 0.6 is 11.8 Å². The van der Waals surface area contributed by atoms with Crippen LogP contribution in [0.25, 0.3) is 38.6 Å². The standard InChI is InChI=1S/C40H38F2N10O6S2/c1-23(2)34-36-31(11-13-44-34)58-30-6-4-5-28(41)33(30)35-29(42)19-27-37(48-40(55)52(36)38(27)47-35)50-16-15-49(20-24(50)3)32(53)12-17-59-18-14-45-39(54)25-7-9-26(10-8-25)60(56,57)51-22-43-21-46-51/h4-11,13,19,21-24H,12,14-18,20H2,1-3H3,(H,45,54)/t24-/m0/s1. The lowest BCUT2D eigenvalue weighted by molar-refractivity contribution is -0.131. The van der Waals surface area contributed by atoms with E-state index in [2.05, 4.69) is 30.4 Å². The van der Waals surface area contributed by atoms with Crippen molar-refractivity contribution in [3.05, 3.63) is 107 Å². The molecule has 0 unspecified atom stereocenters. The van der Waals surface area contributed by atoms with Gasteiger partial charge in [0, 0.05) is 68.0 Å². The van der Waals surface area contributed by atoms with Gasteiger partial charge in [0.05, 0.1) is 21.4 Å². The van der Waals surface area contributed by atoms with Gasteiger partial charge in [-0.05, 0) is 55.3 Å². The highest BCUT2D eigenvalue weighted by Crippen LogP contribution is 2.33. The van der Waals surface area contributed by atoms with Gasteiger partial charge in [-0.1, -0.05) is 19.9 Å². The van der Waals surface area contributed by atoms with Crippen molar-refractivity contribution in [2.24, 2.45) is 0 Å². The summed E-state index contributed by atoms with van der Waals surface area (Å²) in [6, 6.07) is 12.1.